The predicted octanol–water partition coefficient (Wildman–Crippen LogP) is 2.45. The number of hydrogen-bond donors (Lipinski definition) is 0. The van der Waals surface area contributed by atoms with Crippen LogP contribution in [-0.2, 0) is 19.1 Å². The molecule has 1 aliphatic rings. The first kappa shape index (κ1) is 14.0. The van der Waals surface area contributed by atoms with Gasteiger partial charge in [-0.15, -0.1) is 0 Å². The number of rotatable bonds is 4. The third-order valence-corrected chi connectivity index (χ3v) is 2.92. The van der Waals surface area contributed by atoms with Crippen molar-refractivity contribution >= 4 is 11.9 Å². The van der Waals surface area contributed by atoms with Gasteiger partial charge in [0.2, 0.25) is 0 Å². The fraction of sp³-hybridized carbons (Fsp3) is 0.846. The van der Waals surface area contributed by atoms with E-state index in [0.717, 1.165) is 25.7 Å². The maximum Gasteiger partial charge on any atom is 0.347 e. The molecule has 1 saturated carbocycles. The smallest absolute Gasteiger partial charge is 0.347 e. The molecule has 1 atom stereocenters. The molecule has 0 aromatic rings. The average Bonchev–Trinajstić information content (AvgIpc) is 2.29. The Hall–Kier alpha value is -1.06. The van der Waals surface area contributed by atoms with E-state index in [0.29, 0.717) is 0 Å². The lowest BCUT2D eigenvalue weighted by atomic mass is 9.89. The number of ether oxygens (including phenoxy) is 2. The molecule has 1 unspecified atom stereocenters. The van der Waals surface area contributed by atoms with Gasteiger partial charge in [-0.05, 0) is 33.6 Å². The van der Waals surface area contributed by atoms with Crippen molar-refractivity contribution in [2.45, 2.75) is 65.1 Å². The molecule has 4 nitrogen and oxygen atoms in total. The Balaban J connectivity index is 2.36. The van der Waals surface area contributed by atoms with Gasteiger partial charge in [0.25, 0.3) is 0 Å². The summed E-state index contributed by atoms with van der Waals surface area (Å²) in [6.45, 7) is 5.10. The molecule has 0 bridgehead atoms. The molecular formula is C13H22O4. The molecule has 0 aliphatic heterocycles. The molecule has 0 spiro atoms. The van der Waals surface area contributed by atoms with Crippen LogP contribution in [0.4, 0.5) is 0 Å². The molecular weight excluding hydrogens is 220 g/mol. The van der Waals surface area contributed by atoms with Crippen LogP contribution < -0.4 is 0 Å². The Labute approximate surface area is 103 Å². The van der Waals surface area contributed by atoms with E-state index in [4.69, 9.17) is 9.47 Å². The zero-order valence-electron chi connectivity index (χ0n) is 10.9. The number of carbonyl (C=O) groups excluding carboxylic acids is 2. The maximum absolute atomic E-state index is 11.8. The monoisotopic (exact) mass is 242 g/mol. The second-order valence-electron chi connectivity index (χ2n) is 4.90. The summed E-state index contributed by atoms with van der Waals surface area (Å²) in [5.41, 5.74) is 0. The largest absolute Gasteiger partial charge is 0.460 e. The van der Waals surface area contributed by atoms with Gasteiger partial charge in [0.15, 0.2) is 6.10 Å². The molecule has 0 aromatic heterocycles. The highest BCUT2D eigenvalue weighted by Gasteiger charge is 2.27. The number of carbonyl (C=O) groups is 2. The second kappa shape index (κ2) is 6.62. The summed E-state index contributed by atoms with van der Waals surface area (Å²) in [5.74, 6) is -0.750. The highest BCUT2D eigenvalue weighted by atomic mass is 16.6. The first-order valence-corrected chi connectivity index (χ1v) is 6.41. The molecule has 0 heterocycles. The van der Waals surface area contributed by atoms with E-state index in [9.17, 15) is 9.59 Å². The Morgan fingerprint density at radius 2 is 1.59 bits per heavy atom. The van der Waals surface area contributed by atoms with Crippen LogP contribution in [0.2, 0.25) is 0 Å². The summed E-state index contributed by atoms with van der Waals surface area (Å²) >= 11 is 0. The summed E-state index contributed by atoms with van der Waals surface area (Å²) in [6, 6.07) is 0. The van der Waals surface area contributed by atoms with Crippen molar-refractivity contribution in [3.05, 3.63) is 0 Å². The van der Waals surface area contributed by atoms with Crippen LogP contribution in [0.15, 0.2) is 0 Å². The Bertz CT molecular complexity index is 267. The molecule has 1 aliphatic carbocycles. The van der Waals surface area contributed by atoms with E-state index in [1.807, 2.05) is 0 Å². The molecule has 98 valence electrons. The van der Waals surface area contributed by atoms with Gasteiger partial charge in [0, 0.05) is 0 Å². The highest BCUT2D eigenvalue weighted by molar-refractivity contribution is 5.80. The zero-order chi connectivity index (χ0) is 12.8. The van der Waals surface area contributed by atoms with Crippen LogP contribution in [0.25, 0.3) is 0 Å². The lowest BCUT2D eigenvalue weighted by Gasteiger charge is -2.22. The fourth-order valence-electron chi connectivity index (χ4n) is 1.98. The molecule has 17 heavy (non-hydrogen) atoms. The summed E-state index contributed by atoms with van der Waals surface area (Å²) in [5, 5.41) is 0. The van der Waals surface area contributed by atoms with E-state index >= 15 is 0 Å². The van der Waals surface area contributed by atoms with Crippen LogP contribution in [0.3, 0.4) is 0 Å². The van der Waals surface area contributed by atoms with Crippen molar-refractivity contribution in [3.8, 4) is 0 Å². The van der Waals surface area contributed by atoms with Crippen molar-refractivity contribution in [2.75, 3.05) is 0 Å². The van der Waals surface area contributed by atoms with Gasteiger partial charge >= 0.3 is 11.9 Å². The summed E-state index contributed by atoms with van der Waals surface area (Å²) in [7, 11) is 0. The molecule has 0 radical (unpaired) electrons. The van der Waals surface area contributed by atoms with Crippen LogP contribution in [-0.4, -0.2) is 24.1 Å². The topological polar surface area (TPSA) is 52.6 Å². The van der Waals surface area contributed by atoms with Gasteiger partial charge in [-0.3, -0.25) is 4.79 Å². The van der Waals surface area contributed by atoms with Crippen LogP contribution in [0.1, 0.15) is 52.9 Å². The molecule has 1 fully saturated rings. The zero-order valence-corrected chi connectivity index (χ0v) is 10.9. The Morgan fingerprint density at radius 3 is 2.12 bits per heavy atom. The van der Waals surface area contributed by atoms with Crippen molar-refractivity contribution in [1.29, 1.82) is 0 Å². The summed E-state index contributed by atoms with van der Waals surface area (Å²) in [4.78, 5) is 23.2. The molecule has 4 heteroatoms. The second-order valence-corrected chi connectivity index (χ2v) is 4.90. The standard InChI is InChI=1S/C13H22O4/c1-9(2)16-12(14)10(3)17-13(15)11-7-5-4-6-8-11/h9-11H,4-8H2,1-3H3. The number of esters is 2. The van der Waals surface area contributed by atoms with Gasteiger partial charge in [0.1, 0.15) is 0 Å². The first-order valence-electron chi connectivity index (χ1n) is 6.41. The minimum Gasteiger partial charge on any atom is -0.460 e. The summed E-state index contributed by atoms with van der Waals surface area (Å²) < 4.78 is 10.1. The third kappa shape index (κ3) is 4.75. The first-order chi connectivity index (χ1) is 8.00. The van der Waals surface area contributed by atoms with E-state index in [1.54, 1.807) is 20.8 Å². The average molecular weight is 242 g/mol. The van der Waals surface area contributed by atoms with Crippen LogP contribution in [0.5, 0.6) is 0 Å². The lowest BCUT2D eigenvalue weighted by molar-refractivity contribution is -0.172. The SMILES string of the molecule is CC(C)OC(=O)C(C)OC(=O)C1CCCCC1. The molecule has 0 amide bonds. The Kier molecular flexibility index (Phi) is 5.45. The van der Waals surface area contributed by atoms with Gasteiger partial charge in [-0.1, -0.05) is 19.3 Å². The third-order valence-electron chi connectivity index (χ3n) is 2.92. The van der Waals surface area contributed by atoms with Crippen LogP contribution >= 0.6 is 0 Å². The van der Waals surface area contributed by atoms with Crippen LogP contribution in [0, 0.1) is 5.92 Å². The van der Waals surface area contributed by atoms with E-state index < -0.39 is 12.1 Å². The molecule has 0 N–H and O–H groups in total. The Morgan fingerprint density at radius 1 is 1.00 bits per heavy atom. The van der Waals surface area contributed by atoms with E-state index in [2.05, 4.69) is 0 Å². The molecule has 0 saturated heterocycles. The highest BCUT2D eigenvalue weighted by Crippen LogP contribution is 2.25. The van der Waals surface area contributed by atoms with Crippen molar-refractivity contribution in [2.24, 2.45) is 5.92 Å². The van der Waals surface area contributed by atoms with Gasteiger partial charge < -0.3 is 9.47 Å². The van der Waals surface area contributed by atoms with Crippen molar-refractivity contribution in [3.63, 3.8) is 0 Å². The van der Waals surface area contributed by atoms with Gasteiger partial charge in [-0.2, -0.15) is 0 Å². The maximum atomic E-state index is 11.8. The normalized spacial score (nSPS) is 18.8. The van der Waals surface area contributed by atoms with Gasteiger partial charge in [-0.25, -0.2) is 4.79 Å². The minimum atomic E-state index is -0.799. The minimum absolute atomic E-state index is 0.0296. The molecule has 1 rings (SSSR count). The van der Waals surface area contributed by atoms with E-state index in [-0.39, 0.29) is 18.0 Å². The number of hydrogen-bond acceptors (Lipinski definition) is 4. The lowest BCUT2D eigenvalue weighted by Crippen LogP contribution is -2.31. The fourth-order valence-corrected chi connectivity index (χ4v) is 1.98. The predicted molar refractivity (Wildman–Crippen MR) is 63.4 cm³/mol. The van der Waals surface area contributed by atoms with Gasteiger partial charge in [0.05, 0.1) is 12.0 Å². The van der Waals surface area contributed by atoms with Crippen molar-refractivity contribution in [1.82, 2.24) is 0 Å². The van der Waals surface area contributed by atoms with Crippen molar-refractivity contribution < 1.29 is 19.1 Å². The molecule has 0 aromatic carbocycles. The summed E-state index contributed by atoms with van der Waals surface area (Å²) in [6.07, 6.45) is 4.12. The van der Waals surface area contributed by atoms with E-state index in [1.165, 1.54) is 6.42 Å². The quantitative estimate of drug-likeness (QED) is 0.710.